The quantitative estimate of drug-likeness (QED) is 0.843. The maximum absolute atomic E-state index is 13.0. The summed E-state index contributed by atoms with van der Waals surface area (Å²) in [5.74, 6) is -0.154. The Balaban J connectivity index is 1.50. The number of halogens is 1. The number of benzene rings is 1. The molecular weight excluding hydrogens is 265 g/mol. The summed E-state index contributed by atoms with van der Waals surface area (Å²) in [6.07, 6.45) is 2.71. The van der Waals surface area contributed by atoms with Gasteiger partial charge in [-0.25, -0.2) is 4.39 Å². The SMILES string of the molecule is CCN1CCCC1CN1CCN(c2ccc(F)cc2)CC1. The molecule has 2 saturated heterocycles. The Morgan fingerprint density at radius 1 is 1.05 bits per heavy atom. The number of piperazine rings is 1. The molecule has 0 amide bonds. The van der Waals surface area contributed by atoms with Gasteiger partial charge in [0.1, 0.15) is 5.82 Å². The second-order valence-electron chi connectivity index (χ2n) is 6.19. The number of hydrogen-bond donors (Lipinski definition) is 0. The van der Waals surface area contributed by atoms with Crippen molar-refractivity contribution in [2.45, 2.75) is 25.8 Å². The molecule has 3 nitrogen and oxygen atoms in total. The third-order valence-electron chi connectivity index (χ3n) is 4.94. The number of likely N-dealkylation sites (tertiary alicyclic amines) is 1. The lowest BCUT2D eigenvalue weighted by Crippen LogP contribution is -2.50. The molecule has 0 bridgehead atoms. The molecule has 1 unspecified atom stereocenters. The molecular formula is C17H26FN3. The van der Waals surface area contributed by atoms with E-state index in [1.807, 2.05) is 12.1 Å². The Kier molecular flexibility index (Phi) is 4.76. The van der Waals surface area contributed by atoms with Crippen molar-refractivity contribution in [3.8, 4) is 0 Å². The summed E-state index contributed by atoms with van der Waals surface area (Å²) < 4.78 is 13.0. The molecule has 1 aromatic rings. The molecule has 2 fully saturated rings. The summed E-state index contributed by atoms with van der Waals surface area (Å²) in [6.45, 7) is 10.3. The van der Waals surface area contributed by atoms with Crippen LogP contribution in [0.15, 0.2) is 24.3 Å². The van der Waals surface area contributed by atoms with Gasteiger partial charge in [-0.05, 0) is 50.2 Å². The van der Waals surface area contributed by atoms with Gasteiger partial charge in [-0.15, -0.1) is 0 Å². The van der Waals surface area contributed by atoms with Crippen molar-refractivity contribution in [1.29, 1.82) is 0 Å². The van der Waals surface area contributed by atoms with E-state index in [0.29, 0.717) is 0 Å². The fourth-order valence-corrected chi connectivity index (χ4v) is 3.66. The molecule has 2 aliphatic heterocycles. The molecule has 0 radical (unpaired) electrons. The van der Waals surface area contributed by atoms with Crippen molar-refractivity contribution in [2.75, 3.05) is 50.7 Å². The normalized spacial score (nSPS) is 24.7. The Morgan fingerprint density at radius 2 is 1.76 bits per heavy atom. The third kappa shape index (κ3) is 3.55. The summed E-state index contributed by atoms with van der Waals surface area (Å²) in [5.41, 5.74) is 1.15. The summed E-state index contributed by atoms with van der Waals surface area (Å²) >= 11 is 0. The summed E-state index contributed by atoms with van der Waals surface area (Å²) in [7, 11) is 0. The molecule has 0 N–H and O–H groups in total. The monoisotopic (exact) mass is 291 g/mol. The average Bonchev–Trinajstić information content (AvgIpc) is 2.96. The van der Waals surface area contributed by atoms with Crippen LogP contribution in [0.4, 0.5) is 10.1 Å². The zero-order chi connectivity index (χ0) is 14.7. The van der Waals surface area contributed by atoms with Gasteiger partial charge in [-0.3, -0.25) is 9.80 Å². The molecule has 0 saturated carbocycles. The van der Waals surface area contributed by atoms with Crippen LogP contribution in [0.1, 0.15) is 19.8 Å². The van der Waals surface area contributed by atoms with E-state index in [-0.39, 0.29) is 5.82 Å². The highest BCUT2D eigenvalue weighted by Crippen LogP contribution is 2.20. The molecule has 0 aromatic heterocycles. The van der Waals surface area contributed by atoms with Crippen LogP contribution in [-0.4, -0.2) is 61.7 Å². The fourth-order valence-electron chi connectivity index (χ4n) is 3.66. The molecule has 2 heterocycles. The Bertz CT molecular complexity index is 440. The molecule has 0 aliphatic carbocycles. The Labute approximate surface area is 127 Å². The van der Waals surface area contributed by atoms with Crippen molar-refractivity contribution in [3.05, 3.63) is 30.1 Å². The van der Waals surface area contributed by atoms with E-state index in [1.165, 1.54) is 32.5 Å². The highest BCUT2D eigenvalue weighted by Gasteiger charge is 2.26. The molecule has 4 heteroatoms. The van der Waals surface area contributed by atoms with E-state index in [2.05, 4.69) is 21.6 Å². The van der Waals surface area contributed by atoms with Crippen molar-refractivity contribution in [3.63, 3.8) is 0 Å². The van der Waals surface area contributed by atoms with Crippen molar-refractivity contribution in [2.24, 2.45) is 0 Å². The summed E-state index contributed by atoms with van der Waals surface area (Å²) in [5, 5.41) is 0. The Morgan fingerprint density at radius 3 is 2.43 bits per heavy atom. The largest absolute Gasteiger partial charge is 0.369 e. The van der Waals surface area contributed by atoms with Gasteiger partial charge >= 0.3 is 0 Å². The summed E-state index contributed by atoms with van der Waals surface area (Å²) in [6, 6.07) is 7.65. The standard InChI is InChI=1S/C17H26FN3/c1-2-20-9-3-4-17(20)14-19-10-12-21(13-11-19)16-7-5-15(18)6-8-16/h5-8,17H,2-4,9-14H2,1H3. The number of hydrogen-bond acceptors (Lipinski definition) is 3. The molecule has 2 aliphatic rings. The van der Waals surface area contributed by atoms with E-state index in [0.717, 1.165) is 37.9 Å². The highest BCUT2D eigenvalue weighted by molar-refractivity contribution is 5.46. The van der Waals surface area contributed by atoms with Crippen LogP contribution in [0.5, 0.6) is 0 Å². The topological polar surface area (TPSA) is 9.72 Å². The predicted octanol–water partition coefficient (Wildman–Crippen LogP) is 2.43. The van der Waals surface area contributed by atoms with Gasteiger partial charge in [0.25, 0.3) is 0 Å². The first-order valence-electron chi connectivity index (χ1n) is 8.23. The minimum Gasteiger partial charge on any atom is -0.369 e. The molecule has 3 rings (SSSR count). The molecule has 1 aromatic carbocycles. The van der Waals surface area contributed by atoms with Gasteiger partial charge in [0.05, 0.1) is 0 Å². The van der Waals surface area contributed by atoms with Gasteiger partial charge in [-0.2, -0.15) is 0 Å². The predicted molar refractivity (Wildman–Crippen MR) is 85.3 cm³/mol. The van der Waals surface area contributed by atoms with Gasteiger partial charge < -0.3 is 4.90 Å². The molecule has 116 valence electrons. The van der Waals surface area contributed by atoms with E-state index in [1.54, 1.807) is 12.1 Å². The van der Waals surface area contributed by atoms with E-state index < -0.39 is 0 Å². The second kappa shape index (κ2) is 6.75. The first-order chi connectivity index (χ1) is 10.3. The van der Waals surface area contributed by atoms with Gasteiger partial charge in [0.15, 0.2) is 0 Å². The van der Waals surface area contributed by atoms with Gasteiger partial charge in [0, 0.05) is 44.5 Å². The third-order valence-corrected chi connectivity index (χ3v) is 4.94. The number of likely N-dealkylation sites (N-methyl/N-ethyl adjacent to an activating group) is 1. The first-order valence-corrected chi connectivity index (χ1v) is 8.23. The zero-order valence-electron chi connectivity index (χ0n) is 13.0. The van der Waals surface area contributed by atoms with Crippen molar-refractivity contribution in [1.82, 2.24) is 9.80 Å². The van der Waals surface area contributed by atoms with E-state index in [4.69, 9.17) is 0 Å². The lowest BCUT2D eigenvalue weighted by molar-refractivity contribution is 0.170. The molecule has 21 heavy (non-hydrogen) atoms. The van der Waals surface area contributed by atoms with Crippen LogP contribution < -0.4 is 4.90 Å². The molecule has 1 atom stereocenters. The van der Waals surface area contributed by atoms with Crippen molar-refractivity contribution >= 4 is 5.69 Å². The Hall–Kier alpha value is -1.13. The minimum atomic E-state index is -0.154. The van der Waals surface area contributed by atoms with Gasteiger partial charge in [0.2, 0.25) is 0 Å². The first kappa shape index (κ1) is 14.8. The van der Waals surface area contributed by atoms with E-state index in [9.17, 15) is 4.39 Å². The number of nitrogens with zero attached hydrogens (tertiary/aromatic N) is 3. The lowest BCUT2D eigenvalue weighted by Gasteiger charge is -2.38. The van der Waals surface area contributed by atoms with Crippen LogP contribution in [0.25, 0.3) is 0 Å². The van der Waals surface area contributed by atoms with Crippen LogP contribution in [0.2, 0.25) is 0 Å². The zero-order valence-corrected chi connectivity index (χ0v) is 13.0. The fraction of sp³-hybridized carbons (Fsp3) is 0.647. The maximum atomic E-state index is 13.0. The maximum Gasteiger partial charge on any atom is 0.123 e. The second-order valence-corrected chi connectivity index (χ2v) is 6.19. The number of rotatable bonds is 4. The van der Waals surface area contributed by atoms with Gasteiger partial charge in [-0.1, -0.05) is 6.92 Å². The molecule has 0 spiro atoms. The average molecular weight is 291 g/mol. The van der Waals surface area contributed by atoms with Crippen LogP contribution in [-0.2, 0) is 0 Å². The highest BCUT2D eigenvalue weighted by atomic mass is 19.1. The lowest BCUT2D eigenvalue weighted by atomic mass is 10.2. The van der Waals surface area contributed by atoms with E-state index >= 15 is 0 Å². The van der Waals surface area contributed by atoms with Crippen LogP contribution >= 0.6 is 0 Å². The van der Waals surface area contributed by atoms with Crippen molar-refractivity contribution < 1.29 is 4.39 Å². The van der Waals surface area contributed by atoms with Crippen LogP contribution in [0.3, 0.4) is 0 Å². The summed E-state index contributed by atoms with van der Waals surface area (Å²) in [4.78, 5) is 7.58. The number of anilines is 1. The minimum absolute atomic E-state index is 0.154. The smallest absolute Gasteiger partial charge is 0.123 e. The van der Waals surface area contributed by atoms with Crippen LogP contribution in [0, 0.1) is 5.82 Å².